The van der Waals surface area contributed by atoms with Crippen molar-refractivity contribution in [2.75, 3.05) is 13.1 Å². The fourth-order valence-corrected chi connectivity index (χ4v) is 3.84. The summed E-state index contributed by atoms with van der Waals surface area (Å²) in [5, 5.41) is 2.65. The van der Waals surface area contributed by atoms with E-state index in [2.05, 4.69) is 10.3 Å². The smallest absolute Gasteiger partial charge is 0.408 e. The zero-order valence-corrected chi connectivity index (χ0v) is 17.0. The lowest BCUT2D eigenvalue weighted by Crippen LogP contribution is -2.49. The van der Waals surface area contributed by atoms with Crippen LogP contribution in [-0.4, -0.2) is 46.0 Å². The summed E-state index contributed by atoms with van der Waals surface area (Å²) in [7, 11) is 0. The third-order valence-corrected chi connectivity index (χ3v) is 5.44. The first-order valence-corrected chi connectivity index (χ1v) is 10.3. The third-order valence-electron chi connectivity index (χ3n) is 5.44. The van der Waals surface area contributed by atoms with Gasteiger partial charge in [0.15, 0.2) is 0 Å². The number of ether oxygens (including phenoxy) is 1. The molecule has 2 amide bonds. The molecule has 0 saturated carbocycles. The van der Waals surface area contributed by atoms with Gasteiger partial charge in [0.05, 0.1) is 11.0 Å². The van der Waals surface area contributed by atoms with Crippen LogP contribution in [0.2, 0.25) is 0 Å². The Labute approximate surface area is 175 Å². The summed E-state index contributed by atoms with van der Waals surface area (Å²) >= 11 is 0. The summed E-state index contributed by atoms with van der Waals surface area (Å²) < 4.78 is 5.22. The lowest BCUT2D eigenvalue weighted by atomic mass is 9.97. The Hall–Kier alpha value is -3.35. The number of aromatic amines is 1. The molecule has 1 saturated heterocycles. The summed E-state index contributed by atoms with van der Waals surface area (Å²) in [4.78, 5) is 34.8. The number of amides is 2. The van der Waals surface area contributed by atoms with Crippen molar-refractivity contribution in [3.05, 3.63) is 66.0 Å². The number of carbonyl (C=O) groups excluding carboxylic acids is 2. The normalized spacial score (nSPS) is 17.5. The zero-order chi connectivity index (χ0) is 20.9. The van der Waals surface area contributed by atoms with E-state index in [0.717, 1.165) is 35.3 Å². The van der Waals surface area contributed by atoms with E-state index in [9.17, 15) is 9.59 Å². The van der Waals surface area contributed by atoms with Gasteiger partial charge in [-0.25, -0.2) is 9.78 Å². The molecule has 1 fully saturated rings. The molecule has 4 rings (SSSR count). The number of likely N-dealkylation sites (tertiary alicyclic amines) is 1. The van der Waals surface area contributed by atoms with Crippen molar-refractivity contribution in [2.45, 2.75) is 38.3 Å². The number of hydrogen-bond donors (Lipinski definition) is 2. The molecule has 0 bridgehead atoms. The molecule has 1 aliphatic heterocycles. The lowest BCUT2D eigenvalue weighted by molar-refractivity contribution is -0.134. The average molecular weight is 406 g/mol. The number of aromatic nitrogens is 2. The second-order valence-corrected chi connectivity index (χ2v) is 7.69. The van der Waals surface area contributed by atoms with E-state index in [1.807, 2.05) is 59.5 Å². The zero-order valence-electron chi connectivity index (χ0n) is 17.0. The Morgan fingerprint density at radius 2 is 1.97 bits per heavy atom. The molecule has 7 heteroatoms. The largest absolute Gasteiger partial charge is 0.445 e. The average Bonchev–Trinajstić information content (AvgIpc) is 3.22. The van der Waals surface area contributed by atoms with Crippen LogP contribution in [0.15, 0.2) is 54.6 Å². The molecule has 2 heterocycles. The number of carbonyl (C=O) groups is 2. The van der Waals surface area contributed by atoms with E-state index in [1.54, 1.807) is 6.92 Å². The van der Waals surface area contributed by atoms with Crippen molar-refractivity contribution < 1.29 is 14.3 Å². The molecular weight excluding hydrogens is 380 g/mol. The first-order chi connectivity index (χ1) is 14.6. The first kappa shape index (κ1) is 19.9. The van der Waals surface area contributed by atoms with Gasteiger partial charge >= 0.3 is 6.09 Å². The van der Waals surface area contributed by atoms with Crippen LogP contribution >= 0.6 is 0 Å². The van der Waals surface area contributed by atoms with Gasteiger partial charge in [0.2, 0.25) is 5.91 Å². The highest BCUT2D eigenvalue weighted by atomic mass is 16.5. The van der Waals surface area contributed by atoms with Crippen LogP contribution in [0.4, 0.5) is 4.79 Å². The van der Waals surface area contributed by atoms with Crippen molar-refractivity contribution >= 4 is 23.0 Å². The van der Waals surface area contributed by atoms with Crippen molar-refractivity contribution in [3.8, 4) is 0 Å². The SMILES string of the molecule is C[C@H](NC(=O)OCc1ccccc1)C(=O)N1CCCC(c2nc3ccccc3[nH]2)C1. The second kappa shape index (κ2) is 8.98. The third kappa shape index (κ3) is 4.62. The van der Waals surface area contributed by atoms with Crippen LogP contribution < -0.4 is 5.32 Å². The number of H-pyrrole nitrogens is 1. The fraction of sp³-hybridized carbons (Fsp3) is 0.348. The number of alkyl carbamates (subject to hydrolysis) is 1. The van der Waals surface area contributed by atoms with Gasteiger partial charge < -0.3 is 19.9 Å². The summed E-state index contributed by atoms with van der Waals surface area (Å²) in [6.07, 6.45) is 1.29. The molecule has 30 heavy (non-hydrogen) atoms. The number of piperidine rings is 1. The van der Waals surface area contributed by atoms with Crippen LogP contribution in [0.5, 0.6) is 0 Å². The number of nitrogens with one attached hydrogen (secondary N) is 2. The molecule has 2 atom stereocenters. The minimum Gasteiger partial charge on any atom is -0.445 e. The molecule has 3 aromatic rings. The minimum atomic E-state index is -0.650. The van der Waals surface area contributed by atoms with Gasteiger partial charge in [0.1, 0.15) is 18.5 Å². The number of hydrogen-bond acceptors (Lipinski definition) is 4. The molecule has 0 spiro atoms. The maximum absolute atomic E-state index is 12.9. The predicted octanol–water partition coefficient (Wildman–Crippen LogP) is 3.58. The molecule has 0 radical (unpaired) electrons. The van der Waals surface area contributed by atoms with Crippen LogP contribution in [-0.2, 0) is 16.1 Å². The molecule has 0 aliphatic carbocycles. The van der Waals surface area contributed by atoms with E-state index < -0.39 is 12.1 Å². The molecule has 1 unspecified atom stereocenters. The van der Waals surface area contributed by atoms with Gasteiger partial charge in [-0.3, -0.25) is 4.79 Å². The topological polar surface area (TPSA) is 87.3 Å². The fourth-order valence-electron chi connectivity index (χ4n) is 3.84. The van der Waals surface area contributed by atoms with Crippen LogP contribution in [0.1, 0.15) is 37.1 Å². The van der Waals surface area contributed by atoms with Gasteiger partial charge in [0.25, 0.3) is 0 Å². The maximum Gasteiger partial charge on any atom is 0.408 e. The minimum absolute atomic E-state index is 0.104. The van der Waals surface area contributed by atoms with Crippen molar-refractivity contribution in [2.24, 2.45) is 0 Å². The monoisotopic (exact) mass is 406 g/mol. The number of fused-ring (bicyclic) bond motifs is 1. The summed E-state index contributed by atoms with van der Waals surface area (Å²) in [5.74, 6) is 0.969. The predicted molar refractivity (Wildman–Crippen MR) is 114 cm³/mol. The molecule has 2 N–H and O–H groups in total. The van der Waals surface area contributed by atoms with Gasteiger partial charge in [-0.15, -0.1) is 0 Å². The Bertz CT molecular complexity index is 984. The number of rotatable bonds is 5. The number of para-hydroxylation sites is 2. The Morgan fingerprint density at radius 3 is 2.77 bits per heavy atom. The van der Waals surface area contributed by atoms with E-state index >= 15 is 0 Å². The highest BCUT2D eigenvalue weighted by Gasteiger charge is 2.29. The number of nitrogens with zero attached hydrogens (tertiary/aromatic N) is 2. The summed E-state index contributed by atoms with van der Waals surface area (Å²) in [6, 6.07) is 16.7. The number of imidazole rings is 1. The van der Waals surface area contributed by atoms with Gasteiger partial charge in [-0.1, -0.05) is 42.5 Å². The highest BCUT2D eigenvalue weighted by Crippen LogP contribution is 2.27. The Kier molecular flexibility index (Phi) is 5.97. The summed E-state index contributed by atoms with van der Waals surface area (Å²) in [6.45, 7) is 3.13. The van der Waals surface area contributed by atoms with Crippen LogP contribution in [0.25, 0.3) is 11.0 Å². The lowest BCUT2D eigenvalue weighted by Gasteiger charge is -2.33. The highest BCUT2D eigenvalue weighted by molar-refractivity contribution is 5.85. The standard InChI is InChI=1S/C23H26N4O3/c1-16(24-23(29)30-15-17-8-3-2-4-9-17)22(28)27-13-7-10-18(14-27)21-25-19-11-5-6-12-20(19)26-21/h2-6,8-9,11-12,16,18H,7,10,13-15H2,1H3,(H,24,29)(H,25,26)/t16-,18?/m0/s1. The second-order valence-electron chi connectivity index (χ2n) is 7.69. The van der Waals surface area contributed by atoms with E-state index in [-0.39, 0.29) is 18.4 Å². The Morgan fingerprint density at radius 1 is 1.20 bits per heavy atom. The van der Waals surface area contributed by atoms with Crippen LogP contribution in [0.3, 0.4) is 0 Å². The van der Waals surface area contributed by atoms with E-state index in [4.69, 9.17) is 9.72 Å². The molecule has 2 aromatic carbocycles. The van der Waals surface area contributed by atoms with Crippen molar-refractivity contribution in [1.82, 2.24) is 20.2 Å². The quantitative estimate of drug-likeness (QED) is 0.678. The molecular formula is C23H26N4O3. The molecule has 1 aromatic heterocycles. The van der Waals surface area contributed by atoms with Gasteiger partial charge in [-0.05, 0) is 37.5 Å². The summed E-state index contributed by atoms with van der Waals surface area (Å²) in [5.41, 5.74) is 2.84. The molecule has 1 aliphatic rings. The first-order valence-electron chi connectivity index (χ1n) is 10.3. The maximum atomic E-state index is 12.9. The van der Waals surface area contributed by atoms with Crippen LogP contribution in [0, 0.1) is 0 Å². The van der Waals surface area contributed by atoms with E-state index in [1.165, 1.54) is 0 Å². The van der Waals surface area contributed by atoms with Crippen molar-refractivity contribution in [1.29, 1.82) is 0 Å². The number of benzene rings is 2. The molecule has 7 nitrogen and oxygen atoms in total. The molecule has 156 valence electrons. The van der Waals surface area contributed by atoms with Gasteiger partial charge in [0, 0.05) is 19.0 Å². The Balaban J connectivity index is 1.32. The van der Waals surface area contributed by atoms with Crippen molar-refractivity contribution in [3.63, 3.8) is 0 Å². The van der Waals surface area contributed by atoms with E-state index in [0.29, 0.717) is 13.1 Å². The van der Waals surface area contributed by atoms with Gasteiger partial charge in [-0.2, -0.15) is 0 Å².